The number of nitrogens with zero attached hydrogens (tertiary/aromatic N) is 6. The Bertz CT molecular complexity index is 1080. The summed E-state index contributed by atoms with van der Waals surface area (Å²) in [6, 6.07) is 9.57. The number of rotatable bonds is 3. The molecule has 0 saturated carbocycles. The van der Waals surface area contributed by atoms with Crippen LogP contribution < -0.4 is 4.90 Å². The predicted octanol–water partition coefficient (Wildman–Crippen LogP) is 4.01. The van der Waals surface area contributed by atoms with E-state index >= 15 is 4.39 Å². The Kier molecular flexibility index (Phi) is 4.92. The van der Waals surface area contributed by atoms with E-state index in [1.807, 2.05) is 4.90 Å². The van der Waals surface area contributed by atoms with Crippen LogP contribution in [0.3, 0.4) is 0 Å². The third kappa shape index (κ3) is 3.54. The van der Waals surface area contributed by atoms with Gasteiger partial charge in [0.05, 0.1) is 16.9 Å². The van der Waals surface area contributed by atoms with Crippen LogP contribution in [-0.4, -0.2) is 32.8 Å². The summed E-state index contributed by atoms with van der Waals surface area (Å²) in [5.41, 5.74) is 0.378. The molecule has 6 nitrogen and oxygen atoms in total. The second-order valence-electron chi connectivity index (χ2n) is 7.03. The number of hydrogen-bond acceptors (Lipinski definition) is 5. The maximum atomic E-state index is 15.4. The van der Waals surface area contributed by atoms with E-state index < -0.39 is 5.67 Å². The Morgan fingerprint density at radius 2 is 1.90 bits per heavy atom. The van der Waals surface area contributed by atoms with Crippen molar-refractivity contribution in [3.05, 3.63) is 59.0 Å². The van der Waals surface area contributed by atoms with Gasteiger partial charge < -0.3 is 9.47 Å². The monoisotopic (exact) mass is 414 g/mol. The van der Waals surface area contributed by atoms with Gasteiger partial charge in [-0.05, 0) is 30.3 Å². The lowest BCUT2D eigenvalue weighted by Crippen LogP contribution is -2.42. The van der Waals surface area contributed by atoms with Gasteiger partial charge in [0.2, 0.25) is 0 Å². The van der Waals surface area contributed by atoms with Gasteiger partial charge in [-0.25, -0.2) is 13.8 Å². The largest absolute Gasteiger partial charge is 0.368 e. The van der Waals surface area contributed by atoms with E-state index in [1.165, 1.54) is 18.5 Å². The summed E-state index contributed by atoms with van der Waals surface area (Å²) in [7, 11) is 1.71. The number of pyridine rings is 1. The fourth-order valence-corrected chi connectivity index (χ4v) is 3.97. The third-order valence-electron chi connectivity index (χ3n) is 5.19. The number of hydrogen-bond donors (Lipinski definition) is 0. The minimum Gasteiger partial charge on any atom is -0.368 e. The van der Waals surface area contributed by atoms with Crippen molar-refractivity contribution in [2.75, 3.05) is 18.0 Å². The van der Waals surface area contributed by atoms with Crippen LogP contribution in [0.1, 0.15) is 24.2 Å². The van der Waals surface area contributed by atoms with Crippen molar-refractivity contribution in [2.24, 2.45) is 7.05 Å². The van der Waals surface area contributed by atoms with E-state index in [9.17, 15) is 9.65 Å². The zero-order valence-corrected chi connectivity index (χ0v) is 16.4. The minimum absolute atomic E-state index is 0.161. The lowest BCUT2D eigenvalue weighted by atomic mass is 9.91. The van der Waals surface area contributed by atoms with Gasteiger partial charge in [0.25, 0.3) is 0 Å². The van der Waals surface area contributed by atoms with Crippen molar-refractivity contribution >= 4 is 17.3 Å². The van der Waals surface area contributed by atoms with E-state index in [2.05, 4.69) is 21.3 Å². The fraction of sp³-hybridized carbons (Fsp3) is 0.300. The molecule has 2 aromatic heterocycles. The molecule has 9 heteroatoms. The summed E-state index contributed by atoms with van der Waals surface area (Å²) < 4.78 is 30.2. The summed E-state index contributed by atoms with van der Waals surface area (Å²) in [4.78, 5) is 6.26. The summed E-state index contributed by atoms with van der Waals surface area (Å²) in [6.45, 7) is 0.713. The van der Waals surface area contributed by atoms with Gasteiger partial charge in [0.1, 0.15) is 18.2 Å². The number of benzene rings is 1. The summed E-state index contributed by atoms with van der Waals surface area (Å²) >= 11 is 6.43. The molecule has 0 aliphatic carbocycles. The molecular weight excluding hydrogens is 398 g/mol. The van der Waals surface area contributed by atoms with Crippen LogP contribution in [0.5, 0.6) is 0 Å². The molecule has 0 atom stereocenters. The van der Waals surface area contributed by atoms with Crippen LogP contribution in [-0.2, 0) is 12.7 Å². The molecule has 1 aliphatic rings. The summed E-state index contributed by atoms with van der Waals surface area (Å²) in [5.74, 6) is -0.0588. The summed E-state index contributed by atoms with van der Waals surface area (Å²) in [5, 5.41) is 17.5. The zero-order chi connectivity index (χ0) is 20.6. The molecule has 0 bridgehead atoms. The third-order valence-corrected chi connectivity index (χ3v) is 5.46. The first-order valence-corrected chi connectivity index (χ1v) is 9.44. The molecule has 148 valence electrons. The maximum absolute atomic E-state index is 15.4. The molecule has 0 radical (unpaired) electrons. The van der Waals surface area contributed by atoms with Gasteiger partial charge in [0.15, 0.2) is 16.6 Å². The predicted molar refractivity (Wildman–Crippen MR) is 105 cm³/mol. The van der Waals surface area contributed by atoms with Crippen molar-refractivity contribution in [3.8, 4) is 17.3 Å². The minimum atomic E-state index is -1.58. The first-order chi connectivity index (χ1) is 13.9. The lowest BCUT2D eigenvalue weighted by Gasteiger charge is -2.37. The number of piperidine rings is 1. The highest BCUT2D eigenvalue weighted by Gasteiger charge is 2.41. The van der Waals surface area contributed by atoms with Crippen molar-refractivity contribution in [1.29, 1.82) is 5.26 Å². The van der Waals surface area contributed by atoms with Crippen LogP contribution in [0.2, 0.25) is 5.15 Å². The Hall–Kier alpha value is -3.05. The number of aryl methyl sites for hydroxylation is 1. The van der Waals surface area contributed by atoms with Crippen molar-refractivity contribution in [1.82, 2.24) is 19.7 Å². The number of halogens is 3. The van der Waals surface area contributed by atoms with Gasteiger partial charge in [-0.3, -0.25) is 0 Å². The molecule has 3 aromatic rings. The molecule has 4 rings (SSSR count). The molecule has 1 saturated heterocycles. The first kappa shape index (κ1) is 19.3. The van der Waals surface area contributed by atoms with Crippen molar-refractivity contribution in [3.63, 3.8) is 0 Å². The van der Waals surface area contributed by atoms with Crippen LogP contribution in [0.15, 0.2) is 36.7 Å². The number of alkyl halides is 1. The number of anilines is 1. The van der Waals surface area contributed by atoms with E-state index in [4.69, 9.17) is 11.6 Å². The van der Waals surface area contributed by atoms with Gasteiger partial charge >= 0.3 is 0 Å². The van der Waals surface area contributed by atoms with E-state index in [0.29, 0.717) is 41.4 Å². The molecule has 29 heavy (non-hydrogen) atoms. The highest BCUT2D eigenvalue weighted by Crippen LogP contribution is 2.40. The highest BCUT2D eigenvalue weighted by atomic mass is 35.5. The number of nitriles is 1. The Morgan fingerprint density at radius 3 is 2.48 bits per heavy atom. The highest BCUT2D eigenvalue weighted by molar-refractivity contribution is 6.32. The molecule has 3 heterocycles. The molecule has 1 fully saturated rings. The molecule has 0 amide bonds. The molecule has 0 spiro atoms. The van der Waals surface area contributed by atoms with Crippen LogP contribution in [0.4, 0.5) is 14.5 Å². The molecule has 0 unspecified atom stereocenters. The van der Waals surface area contributed by atoms with Crippen molar-refractivity contribution < 1.29 is 8.78 Å². The lowest BCUT2D eigenvalue weighted by molar-refractivity contribution is 0.109. The molecule has 0 N–H and O–H groups in total. The van der Waals surface area contributed by atoms with Crippen LogP contribution in [0.25, 0.3) is 11.3 Å². The average Bonchev–Trinajstić information content (AvgIpc) is 3.16. The van der Waals surface area contributed by atoms with Gasteiger partial charge in [-0.1, -0.05) is 11.6 Å². The quantitative estimate of drug-likeness (QED) is 0.606. The van der Waals surface area contributed by atoms with E-state index in [1.54, 1.807) is 29.8 Å². The molecule has 1 aromatic carbocycles. The number of aromatic nitrogens is 4. The Balaban J connectivity index is 1.62. The van der Waals surface area contributed by atoms with Gasteiger partial charge in [0, 0.05) is 38.5 Å². The zero-order valence-electron chi connectivity index (χ0n) is 15.6. The topological polar surface area (TPSA) is 70.6 Å². The Morgan fingerprint density at radius 1 is 1.21 bits per heavy atom. The summed E-state index contributed by atoms with van der Waals surface area (Å²) in [6.07, 6.45) is 1.87. The van der Waals surface area contributed by atoms with Crippen molar-refractivity contribution in [2.45, 2.75) is 18.5 Å². The average molecular weight is 415 g/mol. The van der Waals surface area contributed by atoms with E-state index in [0.717, 1.165) is 0 Å². The smallest absolute Gasteiger partial charge is 0.173 e. The maximum Gasteiger partial charge on any atom is 0.173 e. The van der Waals surface area contributed by atoms with Gasteiger partial charge in [-0.15, -0.1) is 10.2 Å². The normalized spacial score (nSPS) is 15.9. The second kappa shape index (κ2) is 7.41. The molecule has 1 aliphatic heterocycles. The van der Waals surface area contributed by atoms with Crippen LogP contribution >= 0.6 is 11.6 Å². The van der Waals surface area contributed by atoms with E-state index in [-0.39, 0.29) is 23.8 Å². The first-order valence-electron chi connectivity index (χ1n) is 9.06. The second-order valence-corrected chi connectivity index (χ2v) is 7.39. The Labute approximate surface area is 171 Å². The fourth-order valence-electron chi connectivity index (χ4n) is 3.66. The molecular formula is C20H17ClF2N6. The SMILES string of the molecule is Cn1cnnc1C1(F)CCN(c2c(C#N)cc(-c3ccc(F)cc3)nc2Cl)CC1. The standard InChI is InChI=1S/C20H17ClF2N6/c1-28-12-25-27-19(28)20(23)6-8-29(9-7-20)17-14(11-24)10-16(26-18(17)21)13-2-4-15(22)5-3-13/h2-5,10,12H,6-9H2,1H3. The van der Waals surface area contributed by atoms with Crippen LogP contribution in [0, 0.1) is 17.1 Å². The van der Waals surface area contributed by atoms with Gasteiger partial charge in [-0.2, -0.15) is 5.26 Å².